The Bertz CT molecular complexity index is 2400. The highest BCUT2D eigenvalue weighted by Crippen LogP contribution is 2.45. The average Bonchev–Trinajstić information content (AvgIpc) is 3.51. The lowest BCUT2D eigenvalue weighted by molar-refractivity contribution is 0.863. The van der Waals surface area contributed by atoms with Gasteiger partial charge in [-0.25, -0.2) is 4.98 Å². The van der Waals surface area contributed by atoms with Gasteiger partial charge in [-0.3, -0.25) is 4.57 Å². The highest BCUT2D eigenvalue weighted by Gasteiger charge is 2.23. The van der Waals surface area contributed by atoms with Gasteiger partial charge < -0.3 is 0 Å². The minimum Gasteiger partial charge on any atom is -0.293 e. The molecule has 0 aliphatic heterocycles. The van der Waals surface area contributed by atoms with Crippen LogP contribution < -0.4 is 0 Å². The van der Waals surface area contributed by atoms with Crippen molar-refractivity contribution in [3.8, 4) is 22.5 Å². The molecule has 0 N–H and O–H groups in total. The summed E-state index contributed by atoms with van der Waals surface area (Å²) >= 11 is 0. The number of benzene rings is 7. The molecule has 0 amide bonds. The third-order valence-electron chi connectivity index (χ3n) is 9.31. The zero-order chi connectivity index (χ0) is 29.7. The van der Waals surface area contributed by atoms with Gasteiger partial charge in [0.05, 0.1) is 11.0 Å². The molecule has 2 heteroatoms. The molecule has 212 valence electrons. The van der Waals surface area contributed by atoms with Crippen molar-refractivity contribution in [2.24, 2.45) is 0 Å². The van der Waals surface area contributed by atoms with Gasteiger partial charge in [0, 0.05) is 17.2 Å². The van der Waals surface area contributed by atoms with Crippen molar-refractivity contribution >= 4 is 49.0 Å². The summed E-state index contributed by atoms with van der Waals surface area (Å²) < 4.78 is 2.32. The van der Waals surface area contributed by atoms with Crippen LogP contribution >= 0.6 is 0 Å². The molecule has 1 aromatic heterocycles. The zero-order valence-electron chi connectivity index (χ0n) is 24.8. The second-order valence-corrected chi connectivity index (χ2v) is 11.9. The first kappa shape index (κ1) is 25.7. The Morgan fingerprint density at radius 2 is 1.20 bits per heavy atom. The molecule has 0 bridgehead atoms. The van der Waals surface area contributed by atoms with Crippen LogP contribution in [-0.4, -0.2) is 9.55 Å². The molecular formula is C43H30N2. The summed E-state index contributed by atoms with van der Waals surface area (Å²) in [6.07, 6.45) is 8.01. The predicted molar refractivity (Wildman–Crippen MR) is 190 cm³/mol. The van der Waals surface area contributed by atoms with Crippen molar-refractivity contribution in [1.82, 2.24) is 9.55 Å². The molecule has 2 nitrogen and oxygen atoms in total. The summed E-state index contributed by atoms with van der Waals surface area (Å²) in [4.78, 5) is 5.06. The minimum absolute atomic E-state index is 0.254. The van der Waals surface area contributed by atoms with Gasteiger partial charge in [-0.05, 0) is 79.7 Å². The first-order valence-electron chi connectivity index (χ1n) is 15.7. The minimum atomic E-state index is 0.254. The Labute approximate surface area is 262 Å². The monoisotopic (exact) mass is 574 g/mol. The second kappa shape index (κ2) is 10.5. The molecule has 9 rings (SSSR count). The number of fused-ring (bicyclic) bond motifs is 4. The van der Waals surface area contributed by atoms with E-state index >= 15 is 0 Å². The number of para-hydroxylation sites is 2. The smallest absolute Gasteiger partial charge is 0.145 e. The van der Waals surface area contributed by atoms with Crippen LogP contribution in [0.25, 0.3) is 71.6 Å². The Morgan fingerprint density at radius 3 is 1.93 bits per heavy atom. The fourth-order valence-corrected chi connectivity index (χ4v) is 7.27. The Kier molecular flexibility index (Phi) is 5.99. The van der Waals surface area contributed by atoms with Crippen molar-refractivity contribution in [3.05, 3.63) is 169 Å². The largest absolute Gasteiger partial charge is 0.293 e. The quantitative estimate of drug-likeness (QED) is 0.191. The number of hydrogen-bond donors (Lipinski definition) is 0. The lowest BCUT2D eigenvalue weighted by Crippen LogP contribution is -2.06. The van der Waals surface area contributed by atoms with Gasteiger partial charge in [-0.1, -0.05) is 140 Å². The van der Waals surface area contributed by atoms with E-state index in [1.807, 2.05) is 0 Å². The van der Waals surface area contributed by atoms with Gasteiger partial charge in [-0.15, -0.1) is 0 Å². The van der Waals surface area contributed by atoms with E-state index in [1.54, 1.807) is 0 Å². The van der Waals surface area contributed by atoms with Crippen molar-refractivity contribution in [3.63, 3.8) is 0 Å². The van der Waals surface area contributed by atoms with E-state index in [0.29, 0.717) is 0 Å². The summed E-state index contributed by atoms with van der Waals surface area (Å²) in [7, 11) is 0. The highest BCUT2D eigenvalue weighted by atomic mass is 15.1. The number of rotatable bonds is 4. The van der Waals surface area contributed by atoms with E-state index in [2.05, 4.69) is 168 Å². The Balaban J connectivity index is 1.20. The molecule has 0 saturated heterocycles. The van der Waals surface area contributed by atoms with Gasteiger partial charge in [0.15, 0.2) is 0 Å². The fraction of sp³-hybridized carbons (Fsp3) is 0.0465. The summed E-state index contributed by atoms with van der Waals surface area (Å²) in [5.74, 6) is 1.23. The van der Waals surface area contributed by atoms with Gasteiger partial charge >= 0.3 is 0 Å². The number of aromatic nitrogens is 2. The molecule has 7 aromatic carbocycles. The maximum atomic E-state index is 5.06. The van der Waals surface area contributed by atoms with Crippen LogP contribution in [0.2, 0.25) is 0 Å². The summed E-state index contributed by atoms with van der Waals surface area (Å²) in [6, 6.07) is 52.4. The van der Waals surface area contributed by atoms with Crippen LogP contribution in [0.5, 0.6) is 0 Å². The second-order valence-electron chi connectivity index (χ2n) is 11.9. The lowest BCUT2D eigenvalue weighted by Gasteiger charge is -2.24. The van der Waals surface area contributed by atoms with E-state index in [1.165, 1.54) is 54.7 Å². The third kappa shape index (κ3) is 4.22. The van der Waals surface area contributed by atoms with Crippen LogP contribution in [-0.2, 0) is 0 Å². The Hall–Kier alpha value is -5.73. The topological polar surface area (TPSA) is 17.8 Å². The van der Waals surface area contributed by atoms with E-state index in [9.17, 15) is 0 Å². The highest BCUT2D eigenvalue weighted by molar-refractivity contribution is 6.16. The first-order chi connectivity index (χ1) is 22.3. The van der Waals surface area contributed by atoms with Crippen molar-refractivity contribution in [2.75, 3.05) is 0 Å². The van der Waals surface area contributed by atoms with E-state index in [-0.39, 0.29) is 5.92 Å². The third-order valence-corrected chi connectivity index (χ3v) is 9.31. The molecule has 8 aromatic rings. The molecule has 45 heavy (non-hydrogen) atoms. The number of hydrogen-bond acceptors (Lipinski definition) is 1. The van der Waals surface area contributed by atoms with E-state index in [4.69, 9.17) is 4.98 Å². The van der Waals surface area contributed by atoms with Gasteiger partial charge in [0.1, 0.15) is 5.82 Å². The van der Waals surface area contributed by atoms with Gasteiger partial charge in [0.25, 0.3) is 0 Å². The number of imidazole rings is 1. The number of nitrogens with zero attached hydrogens (tertiary/aromatic N) is 2. The lowest BCUT2D eigenvalue weighted by atomic mass is 9.81. The van der Waals surface area contributed by atoms with Crippen molar-refractivity contribution in [1.29, 1.82) is 0 Å². The SMILES string of the molecule is C1=CC(c2c3ccccc3c(-c3ccc4ccccc4c3)c3ccccc23)CC=C1n1c(-c2ccccc2)nc2ccccc21. The molecular weight excluding hydrogens is 544 g/mol. The maximum absolute atomic E-state index is 5.06. The van der Waals surface area contributed by atoms with Crippen LogP contribution in [0.4, 0.5) is 0 Å². The average molecular weight is 575 g/mol. The van der Waals surface area contributed by atoms with Crippen LogP contribution in [0.1, 0.15) is 17.9 Å². The molecule has 1 aliphatic carbocycles. The molecule has 0 saturated carbocycles. The molecule has 0 spiro atoms. The number of allylic oxidation sites excluding steroid dienone is 4. The fourth-order valence-electron chi connectivity index (χ4n) is 7.27. The normalized spacial score (nSPS) is 14.8. The maximum Gasteiger partial charge on any atom is 0.145 e. The summed E-state index contributed by atoms with van der Waals surface area (Å²) in [6.45, 7) is 0. The van der Waals surface area contributed by atoms with Crippen LogP contribution in [0, 0.1) is 0 Å². The van der Waals surface area contributed by atoms with Crippen LogP contribution in [0.3, 0.4) is 0 Å². The summed E-state index contributed by atoms with van der Waals surface area (Å²) in [5, 5.41) is 7.78. The van der Waals surface area contributed by atoms with Crippen LogP contribution in [0.15, 0.2) is 164 Å². The molecule has 1 unspecified atom stereocenters. The first-order valence-corrected chi connectivity index (χ1v) is 15.7. The molecule has 1 aliphatic rings. The molecule has 0 fully saturated rings. The van der Waals surface area contributed by atoms with Gasteiger partial charge in [-0.2, -0.15) is 0 Å². The molecule has 0 radical (unpaired) electrons. The molecule has 1 atom stereocenters. The predicted octanol–water partition coefficient (Wildman–Crippen LogP) is 11.4. The zero-order valence-corrected chi connectivity index (χ0v) is 24.8. The summed E-state index contributed by atoms with van der Waals surface area (Å²) in [5.41, 5.74) is 8.39. The van der Waals surface area contributed by atoms with E-state index < -0.39 is 0 Å². The van der Waals surface area contributed by atoms with Crippen molar-refractivity contribution < 1.29 is 0 Å². The standard InChI is InChI=1S/C43H30N2/c1-2-13-31(14-3-1)43-44-39-20-10-11-21-40(39)45(43)34-26-24-30(25-27-34)41-35-16-6-8-18-37(35)42(38-19-9-7-17-36(38)41)33-23-22-29-12-4-5-15-32(29)28-33/h1-24,26-28,30H,25H2. The van der Waals surface area contributed by atoms with Crippen molar-refractivity contribution in [2.45, 2.75) is 12.3 Å². The van der Waals surface area contributed by atoms with E-state index in [0.717, 1.165) is 28.8 Å². The molecule has 1 heterocycles. The Morgan fingerprint density at radius 1 is 0.556 bits per heavy atom. The van der Waals surface area contributed by atoms with Gasteiger partial charge in [0.2, 0.25) is 0 Å².